The molecule has 0 saturated carbocycles. The quantitative estimate of drug-likeness (QED) is 0.522. The molecule has 2 aliphatic heterocycles. The average molecular weight is 494 g/mol. The first-order valence-electron chi connectivity index (χ1n) is 11.5. The van der Waals surface area contributed by atoms with E-state index >= 15 is 0 Å². The molecule has 1 atom stereocenters. The molecule has 0 spiro atoms. The van der Waals surface area contributed by atoms with Crippen molar-refractivity contribution in [2.24, 2.45) is 0 Å². The van der Waals surface area contributed by atoms with Gasteiger partial charge < -0.3 is 9.64 Å². The van der Waals surface area contributed by atoms with Crippen LogP contribution >= 0.6 is 11.8 Å². The predicted molar refractivity (Wildman–Crippen MR) is 127 cm³/mol. The smallest absolute Gasteiger partial charge is 0.243 e. The van der Waals surface area contributed by atoms with Gasteiger partial charge in [0.25, 0.3) is 0 Å². The molecule has 1 aromatic heterocycles. The molecule has 0 unspecified atom stereocenters. The molecule has 11 heteroatoms. The SMILES string of the molecule is CC[C@@H](C)n1c(SCC(=O)N2CCCC2)nnc1-c1cccc(S(=O)(=O)N2CCOCC2)c1. The third kappa shape index (κ3) is 5.26. The van der Waals surface area contributed by atoms with Gasteiger partial charge in [-0.3, -0.25) is 9.36 Å². The Morgan fingerprint density at radius 3 is 2.58 bits per heavy atom. The third-order valence-corrected chi connectivity index (χ3v) is 9.00. The molecule has 2 aromatic rings. The van der Waals surface area contributed by atoms with Crippen LogP contribution in [0.4, 0.5) is 0 Å². The molecule has 0 bridgehead atoms. The summed E-state index contributed by atoms with van der Waals surface area (Å²) >= 11 is 1.39. The first kappa shape index (κ1) is 24.2. The van der Waals surface area contributed by atoms with Gasteiger partial charge in [-0.05, 0) is 38.3 Å². The number of hydrogen-bond donors (Lipinski definition) is 0. The lowest BCUT2D eigenvalue weighted by Crippen LogP contribution is -2.40. The molecule has 2 aliphatic rings. The first-order valence-corrected chi connectivity index (χ1v) is 13.9. The number of ether oxygens (including phenoxy) is 1. The Morgan fingerprint density at radius 2 is 1.88 bits per heavy atom. The van der Waals surface area contributed by atoms with Gasteiger partial charge in [0.15, 0.2) is 11.0 Å². The van der Waals surface area contributed by atoms with E-state index in [2.05, 4.69) is 24.0 Å². The van der Waals surface area contributed by atoms with Crippen molar-refractivity contribution in [1.29, 1.82) is 0 Å². The Morgan fingerprint density at radius 1 is 1.15 bits per heavy atom. The van der Waals surface area contributed by atoms with Crippen LogP contribution in [-0.2, 0) is 19.6 Å². The van der Waals surface area contributed by atoms with E-state index in [1.807, 2.05) is 15.5 Å². The fourth-order valence-corrected chi connectivity index (χ4v) is 6.46. The highest BCUT2D eigenvalue weighted by Crippen LogP contribution is 2.31. The highest BCUT2D eigenvalue weighted by Gasteiger charge is 2.28. The van der Waals surface area contributed by atoms with Crippen LogP contribution in [0, 0.1) is 0 Å². The number of carbonyl (C=O) groups excluding carboxylic acids is 1. The largest absolute Gasteiger partial charge is 0.379 e. The van der Waals surface area contributed by atoms with E-state index in [-0.39, 0.29) is 16.8 Å². The van der Waals surface area contributed by atoms with Crippen LogP contribution in [0.15, 0.2) is 34.3 Å². The van der Waals surface area contributed by atoms with Gasteiger partial charge in [0.2, 0.25) is 15.9 Å². The maximum Gasteiger partial charge on any atom is 0.243 e. The Bertz CT molecular complexity index is 1080. The van der Waals surface area contributed by atoms with Crippen LogP contribution in [0.3, 0.4) is 0 Å². The lowest BCUT2D eigenvalue weighted by Gasteiger charge is -2.26. The fourth-order valence-electron chi connectivity index (χ4n) is 4.07. The standard InChI is InChI=1S/C22H31N5O4S2/c1-3-17(2)27-21(23-24-22(27)32-16-20(28)25-9-4-5-10-25)18-7-6-8-19(15-18)33(29,30)26-11-13-31-14-12-26/h6-8,15,17H,3-5,9-14,16H2,1-2H3/t17-/m1/s1. The van der Waals surface area contributed by atoms with Crippen LogP contribution in [0.5, 0.6) is 0 Å². The summed E-state index contributed by atoms with van der Waals surface area (Å²) in [7, 11) is -3.61. The monoisotopic (exact) mass is 493 g/mol. The lowest BCUT2D eigenvalue weighted by molar-refractivity contribution is -0.127. The lowest BCUT2D eigenvalue weighted by atomic mass is 10.2. The molecule has 0 aliphatic carbocycles. The van der Waals surface area contributed by atoms with Crippen LogP contribution in [0.1, 0.15) is 39.2 Å². The van der Waals surface area contributed by atoms with E-state index in [1.54, 1.807) is 18.2 Å². The summed E-state index contributed by atoms with van der Waals surface area (Å²) in [6.07, 6.45) is 2.98. The van der Waals surface area contributed by atoms with Crippen LogP contribution in [0.25, 0.3) is 11.4 Å². The number of rotatable bonds is 8. The van der Waals surface area contributed by atoms with Crippen molar-refractivity contribution in [1.82, 2.24) is 24.0 Å². The maximum atomic E-state index is 13.1. The predicted octanol–water partition coefficient (Wildman–Crippen LogP) is 2.65. The van der Waals surface area contributed by atoms with E-state index < -0.39 is 10.0 Å². The number of aromatic nitrogens is 3. The number of thioether (sulfide) groups is 1. The minimum absolute atomic E-state index is 0.0962. The minimum Gasteiger partial charge on any atom is -0.379 e. The van der Waals surface area contributed by atoms with Gasteiger partial charge in [-0.15, -0.1) is 10.2 Å². The van der Waals surface area contributed by atoms with Crippen molar-refractivity contribution >= 4 is 27.7 Å². The van der Waals surface area contributed by atoms with E-state index in [0.717, 1.165) is 32.4 Å². The molecule has 0 N–H and O–H groups in total. The van der Waals surface area contributed by atoms with Crippen molar-refractivity contribution in [3.8, 4) is 11.4 Å². The van der Waals surface area contributed by atoms with Gasteiger partial charge >= 0.3 is 0 Å². The van der Waals surface area contributed by atoms with Gasteiger partial charge in [-0.25, -0.2) is 8.42 Å². The van der Waals surface area contributed by atoms with Gasteiger partial charge in [0.1, 0.15) is 0 Å². The second kappa shape index (κ2) is 10.5. The molecule has 3 heterocycles. The Hall–Kier alpha value is -1.95. The molecule has 1 amide bonds. The Balaban J connectivity index is 1.60. The zero-order valence-electron chi connectivity index (χ0n) is 19.1. The Kier molecular flexibility index (Phi) is 7.72. The molecular weight excluding hydrogens is 462 g/mol. The number of amides is 1. The topological polar surface area (TPSA) is 97.6 Å². The number of carbonyl (C=O) groups is 1. The van der Waals surface area contributed by atoms with Gasteiger partial charge in [-0.2, -0.15) is 4.31 Å². The number of benzene rings is 1. The van der Waals surface area contributed by atoms with Crippen molar-refractivity contribution in [2.75, 3.05) is 45.1 Å². The Labute approximate surface area is 199 Å². The van der Waals surface area contributed by atoms with E-state index in [9.17, 15) is 13.2 Å². The molecule has 1 aromatic carbocycles. The summed E-state index contributed by atoms with van der Waals surface area (Å²) in [6.45, 7) is 7.31. The summed E-state index contributed by atoms with van der Waals surface area (Å²) in [5, 5.41) is 9.45. The second-order valence-corrected chi connectivity index (χ2v) is 11.2. The zero-order chi connectivity index (χ0) is 23.4. The molecule has 0 radical (unpaired) electrons. The number of morpholine rings is 1. The molecule has 9 nitrogen and oxygen atoms in total. The number of likely N-dealkylation sites (tertiary alicyclic amines) is 1. The first-order chi connectivity index (χ1) is 15.9. The maximum absolute atomic E-state index is 13.1. The summed E-state index contributed by atoms with van der Waals surface area (Å²) in [5.41, 5.74) is 0.690. The average Bonchev–Trinajstić information content (AvgIpc) is 3.53. The van der Waals surface area contributed by atoms with Crippen molar-refractivity contribution in [3.63, 3.8) is 0 Å². The number of sulfonamides is 1. The molecule has 2 fully saturated rings. The van der Waals surface area contributed by atoms with Gasteiger partial charge in [0.05, 0.1) is 23.9 Å². The van der Waals surface area contributed by atoms with Crippen LogP contribution in [0.2, 0.25) is 0 Å². The van der Waals surface area contributed by atoms with Crippen LogP contribution in [-0.4, -0.2) is 83.4 Å². The second-order valence-electron chi connectivity index (χ2n) is 8.35. The summed E-state index contributed by atoms with van der Waals surface area (Å²) in [5.74, 6) is 1.05. The van der Waals surface area contributed by atoms with Gasteiger partial charge in [-0.1, -0.05) is 30.8 Å². The summed E-state index contributed by atoms with van der Waals surface area (Å²) in [6, 6.07) is 6.96. The third-order valence-electron chi connectivity index (χ3n) is 6.18. The molecule has 2 saturated heterocycles. The van der Waals surface area contributed by atoms with Crippen molar-refractivity contribution < 1.29 is 17.9 Å². The highest BCUT2D eigenvalue weighted by molar-refractivity contribution is 7.99. The van der Waals surface area contributed by atoms with E-state index in [4.69, 9.17) is 4.74 Å². The molecular formula is C22H31N5O4S2. The highest BCUT2D eigenvalue weighted by atomic mass is 32.2. The summed E-state index contributed by atoms with van der Waals surface area (Å²) in [4.78, 5) is 14.7. The number of hydrogen-bond acceptors (Lipinski definition) is 7. The molecule has 180 valence electrons. The number of nitrogens with zero attached hydrogens (tertiary/aromatic N) is 5. The van der Waals surface area contributed by atoms with E-state index in [1.165, 1.54) is 16.1 Å². The van der Waals surface area contributed by atoms with Crippen molar-refractivity contribution in [3.05, 3.63) is 24.3 Å². The zero-order valence-corrected chi connectivity index (χ0v) is 20.8. The summed E-state index contributed by atoms with van der Waals surface area (Å²) < 4.78 is 35.0. The molecule has 33 heavy (non-hydrogen) atoms. The minimum atomic E-state index is -3.61. The van der Waals surface area contributed by atoms with Crippen LogP contribution < -0.4 is 0 Å². The van der Waals surface area contributed by atoms with Gasteiger partial charge in [0, 0.05) is 37.8 Å². The molecule has 4 rings (SSSR count). The normalized spacial score (nSPS) is 18.5. The van der Waals surface area contributed by atoms with E-state index in [0.29, 0.717) is 48.6 Å². The van der Waals surface area contributed by atoms with Crippen molar-refractivity contribution in [2.45, 2.75) is 49.2 Å². The fraction of sp³-hybridized carbons (Fsp3) is 0.591.